The number of amides is 2. The Hall–Kier alpha value is -4.18. The lowest BCUT2D eigenvalue weighted by molar-refractivity contribution is -0.137. The van der Waals surface area contributed by atoms with Crippen molar-refractivity contribution in [3.05, 3.63) is 94.6 Å². The zero-order chi connectivity index (χ0) is 24.5. The van der Waals surface area contributed by atoms with E-state index in [2.05, 4.69) is 15.4 Å². The van der Waals surface area contributed by atoms with Crippen molar-refractivity contribution in [1.29, 1.82) is 0 Å². The number of halogens is 4. The molecule has 0 saturated carbocycles. The van der Waals surface area contributed by atoms with E-state index in [4.69, 9.17) is 17.3 Å². The van der Waals surface area contributed by atoms with E-state index in [1.54, 1.807) is 36.4 Å². The van der Waals surface area contributed by atoms with Crippen molar-refractivity contribution in [3.8, 4) is 17.1 Å². The van der Waals surface area contributed by atoms with Crippen LogP contribution in [0.2, 0.25) is 5.02 Å². The summed E-state index contributed by atoms with van der Waals surface area (Å²) in [5, 5.41) is 6.78. The summed E-state index contributed by atoms with van der Waals surface area (Å²) in [6, 6.07) is 15.9. The second-order valence-electron chi connectivity index (χ2n) is 7.11. The summed E-state index contributed by atoms with van der Waals surface area (Å²) < 4.78 is 40.2. The molecule has 7 nitrogen and oxygen atoms in total. The molecule has 0 aliphatic carbocycles. The van der Waals surface area contributed by atoms with Crippen LogP contribution in [0.25, 0.3) is 17.1 Å². The van der Waals surface area contributed by atoms with Crippen LogP contribution in [0.5, 0.6) is 0 Å². The van der Waals surface area contributed by atoms with Gasteiger partial charge >= 0.3 is 6.18 Å². The van der Waals surface area contributed by atoms with Gasteiger partial charge in [-0.05, 0) is 42.5 Å². The van der Waals surface area contributed by atoms with Crippen LogP contribution in [0.1, 0.15) is 26.3 Å². The minimum absolute atomic E-state index is 0.138. The van der Waals surface area contributed by atoms with Crippen LogP contribution in [-0.2, 0) is 6.18 Å². The van der Waals surface area contributed by atoms with Gasteiger partial charge in [-0.25, -0.2) is 4.68 Å². The molecule has 0 unspecified atom stereocenters. The molecule has 0 saturated heterocycles. The van der Waals surface area contributed by atoms with Gasteiger partial charge < -0.3 is 11.1 Å². The first-order valence-corrected chi connectivity index (χ1v) is 10.1. The number of rotatable bonds is 5. The minimum Gasteiger partial charge on any atom is -0.366 e. The van der Waals surface area contributed by atoms with Gasteiger partial charge in [0.05, 0.1) is 33.1 Å². The van der Waals surface area contributed by atoms with Crippen molar-refractivity contribution < 1.29 is 22.8 Å². The van der Waals surface area contributed by atoms with Crippen LogP contribution in [0, 0.1) is 0 Å². The summed E-state index contributed by atoms with van der Waals surface area (Å²) in [5.74, 6) is -1.13. The number of para-hydroxylation sites is 1. The molecule has 2 aromatic carbocycles. The molecule has 4 rings (SSSR count). The normalized spacial score (nSPS) is 11.3. The van der Waals surface area contributed by atoms with E-state index < -0.39 is 23.6 Å². The third kappa shape index (κ3) is 4.76. The molecule has 34 heavy (non-hydrogen) atoms. The molecular formula is C23H15ClF3N5O2. The standard InChI is InChI=1S/C23H15ClF3N5O2/c24-17-10-14(23(25,26)27)7-8-16(17)22(34)30-20-11-19(18-9-6-13(12-29-18)21(28)33)31-32(20)15-4-2-1-3-5-15/h1-12H,(H2,28,33)(H,30,34). The molecule has 0 aliphatic rings. The Balaban J connectivity index is 1.71. The first-order valence-electron chi connectivity index (χ1n) is 9.73. The van der Waals surface area contributed by atoms with Gasteiger partial charge in [-0.15, -0.1) is 0 Å². The molecule has 2 aromatic heterocycles. The van der Waals surface area contributed by atoms with Gasteiger partial charge in [0.15, 0.2) is 0 Å². The third-order valence-electron chi connectivity index (χ3n) is 4.80. The Morgan fingerprint density at radius 3 is 2.29 bits per heavy atom. The maximum Gasteiger partial charge on any atom is 0.416 e. The van der Waals surface area contributed by atoms with Crippen molar-refractivity contribution >= 4 is 29.2 Å². The van der Waals surface area contributed by atoms with Gasteiger partial charge in [-0.2, -0.15) is 18.3 Å². The fraction of sp³-hybridized carbons (Fsp3) is 0.0435. The summed E-state index contributed by atoms with van der Waals surface area (Å²) in [4.78, 5) is 28.3. The van der Waals surface area contributed by atoms with Crippen LogP contribution in [-0.4, -0.2) is 26.6 Å². The molecule has 0 radical (unpaired) electrons. The highest BCUT2D eigenvalue weighted by Crippen LogP contribution is 2.32. The summed E-state index contributed by atoms with van der Waals surface area (Å²) in [5.41, 5.74) is 5.74. The first-order chi connectivity index (χ1) is 16.1. The van der Waals surface area contributed by atoms with Gasteiger partial charge in [0, 0.05) is 12.3 Å². The number of anilines is 1. The smallest absolute Gasteiger partial charge is 0.366 e. The lowest BCUT2D eigenvalue weighted by Gasteiger charge is -2.11. The number of benzene rings is 2. The average molecular weight is 486 g/mol. The number of primary amides is 1. The van der Waals surface area contributed by atoms with Crippen molar-refractivity contribution in [1.82, 2.24) is 14.8 Å². The van der Waals surface area contributed by atoms with Gasteiger partial charge in [-0.3, -0.25) is 14.6 Å². The van der Waals surface area contributed by atoms with Gasteiger partial charge in [-0.1, -0.05) is 29.8 Å². The van der Waals surface area contributed by atoms with Crippen molar-refractivity contribution in [2.75, 3.05) is 5.32 Å². The zero-order valence-electron chi connectivity index (χ0n) is 17.2. The molecule has 2 heterocycles. The zero-order valence-corrected chi connectivity index (χ0v) is 17.9. The van der Waals surface area contributed by atoms with Crippen molar-refractivity contribution in [3.63, 3.8) is 0 Å². The molecule has 3 N–H and O–H groups in total. The first kappa shape index (κ1) is 23.0. The summed E-state index contributed by atoms with van der Waals surface area (Å²) in [6.45, 7) is 0. The summed E-state index contributed by atoms with van der Waals surface area (Å²) >= 11 is 5.96. The van der Waals surface area contributed by atoms with E-state index in [0.717, 1.165) is 12.1 Å². The number of hydrogen-bond acceptors (Lipinski definition) is 4. The molecule has 0 spiro atoms. The SMILES string of the molecule is NC(=O)c1ccc(-c2cc(NC(=O)c3ccc(C(F)(F)F)cc3Cl)n(-c3ccccc3)n2)nc1. The monoisotopic (exact) mass is 485 g/mol. The number of aromatic nitrogens is 3. The lowest BCUT2D eigenvalue weighted by atomic mass is 10.1. The van der Waals surface area contributed by atoms with Crippen LogP contribution < -0.4 is 11.1 Å². The lowest BCUT2D eigenvalue weighted by Crippen LogP contribution is -2.16. The Morgan fingerprint density at radius 1 is 0.971 bits per heavy atom. The topological polar surface area (TPSA) is 103 Å². The van der Waals surface area contributed by atoms with Gasteiger partial charge in [0.25, 0.3) is 5.91 Å². The largest absolute Gasteiger partial charge is 0.416 e. The number of carbonyl (C=O) groups excluding carboxylic acids is 2. The van der Waals surface area contributed by atoms with Gasteiger partial charge in [0.2, 0.25) is 5.91 Å². The highest BCUT2D eigenvalue weighted by atomic mass is 35.5. The Bertz CT molecular complexity index is 1370. The molecule has 2 amide bonds. The number of pyridine rings is 1. The second kappa shape index (κ2) is 8.99. The molecule has 0 bridgehead atoms. The predicted octanol–water partition coefficient (Wildman–Crippen LogP) is 4.96. The Kier molecular flexibility index (Phi) is 6.08. The van der Waals surface area contributed by atoms with E-state index in [-0.39, 0.29) is 22.0 Å². The molecule has 0 aliphatic heterocycles. The molecule has 0 fully saturated rings. The van der Waals surface area contributed by atoms with Crippen molar-refractivity contribution in [2.45, 2.75) is 6.18 Å². The Labute approximate surface area is 196 Å². The number of alkyl halides is 3. The quantitative estimate of drug-likeness (QED) is 0.417. The van der Waals surface area contributed by atoms with Gasteiger partial charge in [0.1, 0.15) is 11.5 Å². The maximum absolute atomic E-state index is 12.9. The molecule has 11 heteroatoms. The average Bonchev–Trinajstić information content (AvgIpc) is 3.22. The highest BCUT2D eigenvalue weighted by Gasteiger charge is 2.31. The number of nitrogens with two attached hydrogens (primary N) is 1. The van der Waals surface area contributed by atoms with Crippen LogP contribution >= 0.6 is 11.6 Å². The van der Waals surface area contributed by atoms with Crippen molar-refractivity contribution in [2.24, 2.45) is 5.73 Å². The van der Waals surface area contributed by atoms with E-state index in [1.807, 2.05) is 0 Å². The number of carbonyl (C=O) groups is 2. The number of hydrogen-bond donors (Lipinski definition) is 2. The molecule has 4 aromatic rings. The van der Waals surface area contributed by atoms with E-state index in [1.165, 1.54) is 23.0 Å². The minimum atomic E-state index is -4.59. The number of nitrogens with one attached hydrogen (secondary N) is 1. The summed E-state index contributed by atoms with van der Waals surface area (Å²) in [7, 11) is 0. The fourth-order valence-corrected chi connectivity index (χ4v) is 3.38. The molecule has 172 valence electrons. The van der Waals surface area contributed by atoms with E-state index >= 15 is 0 Å². The second-order valence-corrected chi connectivity index (χ2v) is 7.51. The van der Waals surface area contributed by atoms with E-state index in [9.17, 15) is 22.8 Å². The maximum atomic E-state index is 12.9. The van der Waals surface area contributed by atoms with Crippen LogP contribution in [0.15, 0.2) is 72.9 Å². The van der Waals surface area contributed by atoms with Crippen LogP contribution in [0.4, 0.5) is 19.0 Å². The number of nitrogens with zero attached hydrogens (tertiary/aromatic N) is 3. The van der Waals surface area contributed by atoms with Crippen LogP contribution in [0.3, 0.4) is 0 Å². The third-order valence-corrected chi connectivity index (χ3v) is 5.12. The summed E-state index contributed by atoms with van der Waals surface area (Å²) in [6.07, 6.45) is -3.28. The fourth-order valence-electron chi connectivity index (χ4n) is 3.11. The molecular weight excluding hydrogens is 471 g/mol. The highest BCUT2D eigenvalue weighted by molar-refractivity contribution is 6.34. The predicted molar refractivity (Wildman–Crippen MR) is 120 cm³/mol. The Morgan fingerprint density at radius 2 is 1.71 bits per heavy atom. The van der Waals surface area contributed by atoms with E-state index in [0.29, 0.717) is 23.1 Å². The molecule has 0 atom stereocenters.